The van der Waals surface area contributed by atoms with E-state index < -0.39 is 47.3 Å². The Morgan fingerprint density at radius 1 is 1.10 bits per heavy atom. The average Bonchev–Trinajstić information content (AvgIpc) is 2.89. The summed E-state index contributed by atoms with van der Waals surface area (Å²) in [7, 11) is 0. The second kappa shape index (κ2) is 13.7. The summed E-state index contributed by atoms with van der Waals surface area (Å²) in [5, 5.41) is 36.6. The van der Waals surface area contributed by atoms with Gasteiger partial charge in [0.25, 0.3) is 0 Å². The number of aliphatic hydroxyl groups is 3. The summed E-state index contributed by atoms with van der Waals surface area (Å²) >= 11 is 7.72. The monoisotopic (exact) mass is 581 g/mol. The molecule has 0 unspecified atom stereocenters. The van der Waals surface area contributed by atoms with Crippen molar-refractivity contribution in [2.45, 2.75) is 62.1 Å². The van der Waals surface area contributed by atoms with Crippen molar-refractivity contribution in [1.82, 2.24) is 10.6 Å². The fourth-order valence-corrected chi connectivity index (χ4v) is 4.86. The molecule has 1 fully saturated rings. The number of primary amides is 1. The summed E-state index contributed by atoms with van der Waals surface area (Å²) in [5.74, 6) is 0.0496. The van der Waals surface area contributed by atoms with E-state index >= 15 is 0 Å². The number of nitrogens with one attached hydrogen (secondary N) is 2. The normalized spacial score (nSPS) is 23.2. The summed E-state index contributed by atoms with van der Waals surface area (Å²) in [6.45, 7) is 3.80. The van der Waals surface area contributed by atoms with Gasteiger partial charge in [0.05, 0.1) is 6.61 Å². The van der Waals surface area contributed by atoms with Gasteiger partial charge in [0, 0.05) is 11.6 Å². The van der Waals surface area contributed by atoms with Crippen LogP contribution >= 0.6 is 23.4 Å². The lowest BCUT2D eigenvalue weighted by atomic mass is 9.92. The van der Waals surface area contributed by atoms with Crippen LogP contribution in [0.4, 0.5) is 4.79 Å². The zero-order valence-corrected chi connectivity index (χ0v) is 23.7. The largest absolute Gasteiger partial charge is 0.494 e. The Morgan fingerprint density at radius 3 is 2.44 bits per heavy atom. The van der Waals surface area contributed by atoms with E-state index in [9.17, 15) is 24.9 Å². The molecule has 39 heavy (non-hydrogen) atoms. The molecule has 1 aliphatic heterocycles. The number of hydrogen-bond donors (Lipinski definition) is 6. The molecule has 0 aromatic heterocycles. The first-order valence-corrected chi connectivity index (χ1v) is 14.2. The highest BCUT2D eigenvalue weighted by Gasteiger charge is 2.44. The van der Waals surface area contributed by atoms with Gasteiger partial charge in [0.2, 0.25) is 5.91 Å². The molecule has 7 N–H and O–H groups in total. The van der Waals surface area contributed by atoms with Gasteiger partial charge in [0.1, 0.15) is 41.1 Å². The third-order valence-electron chi connectivity index (χ3n) is 6.44. The number of thioether (sulfide) groups is 1. The van der Waals surface area contributed by atoms with Gasteiger partial charge in [-0.1, -0.05) is 35.9 Å². The molecule has 3 amide bonds. The van der Waals surface area contributed by atoms with Crippen molar-refractivity contribution in [3.63, 3.8) is 0 Å². The summed E-state index contributed by atoms with van der Waals surface area (Å²) in [6, 6.07) is 12.4. The lowest BCUT2D eigenvalue weighted by molar-refractivity contribution is -0.200. The van der Waals surface area contributed by atoms with Crippen molar-refractivity contribution in [3.05, 3.63) is 64.2 Å². The Bertz CT molecular complexity index is 1130. The number of carbonyl (C=O) groups excluding carboxylic acids is 2. The molecular formula is C27H36ClN3O7S. The third-order valence-corrected chi connectivity index (χ3v) is 7.66. The van der Waals surface area contributed by atoms with Crippen LogP contribution in [0.2, 0.25) is 5.02 Å². The molecule has 214 valence electrons. The molecule has 1 saturated heterocycles. The predicted molar refractivity (Wildman–Crippen MR) is 150 cm³/mol. The Hall–Kier alpha value is -2.54. The predicted octanol–water partition coefficient (Wildman–Crippen LogP) is 2.11. The SMILES string of the molecule is CS[C@H]1O[C@@H](c2ccc(Cl)c(Cc3ccc(OCCCNC(=O)NC(C)(C)C(N)=O)cc3)c2)[C@H](O)[C@@H](O)[C@@H]1O. The van der Waals surface area contributed by atoms with Crippen LogP contribution in [0, 0.1) is 0 Å². The highest BCUT2D eigenvalue weighted by Crippen LogP contribution is 2.37. The van der Waals surface area contributed by atoms with Gasteiger partial charge in [-0.3, -0.25) is 4.79 Å². The molecule has 0 saturated carbocycles. The van der Waals surface area contributed by atoms with Crippen molar-refractivity contribution in [3.8, 4) is 5.75 Å². The zero-order chi connectivity index (χ0) is 28.7. The molecule has 5 atom stereocenters. The number of rotatable bonds is 11. The van der Waals surface area contributed by atoms with Crippen molar-refractivity contribution in [2.75, 3.05) is 19.4 Å². The molecule has 0 spiro atoms. The minimum atomic E-state index is -1.32. The standard InChI is InChI=1S/C27H36ClN3O7S/c1-27(2,25(29)35)31-26(36)30-11-4-12-37-18-8-5-15(6-9-18)13-17-14-16(7-10-19(17)28)23-21(33)20(32)22(34)24(38-23)39-3/h5-10,14,20-24,32-34H,4,11-13H2,1-3H3,(H2,29,35)(H2,30,31,36)/t20-,21-,22+,23+,24-/m1/s1. The molecule has 2 aromatic rings. The van der Waals surface area contributed by atoms with E-state index in [1.54, 1.807) is 18.4 Å². The number of nitrogens with two attached hydrogens (primary N) is 1. The van der Waals surface area contributed by atoms with Gasteiger partial charge in [-0.05, 0) is 67.8 Å². The topological polar surface area (TPSA) is 163 Å². The number of hydrogen-bond acceptors (Lipinski definition) is 8. The maximum Gasteiger partial charge on any atom is 0.315 e. The molecular weight excluding hydrogens is 546 g/mol. The van der Waals surface area contributed by atoms with Crippen LogP contribution < -0.4 is 21.1 Å². The van der Waals surface area contributed by atoms with E-state index in [-0.39, 0.29) is 0 Å². The van der Waals surface area contributed by atoms with Crippen molar-refractivity contribution < 1.29 is 34.4 Å². The summed E-state index contributed by atoms with van der Waals surface area (Å²) in [5.41, 5.74) is 5.91. The number of halogens is 1. The molecule has 0 bridgehead atoms. The van der Waals surface area contributed by atoms with Gasteiger partial charge >= 0.3 is 6.03 Å². The second-order valence-corrected chi connectivity index (χ2v) is 11.2. The number of urea groups is 1. The number of ether oxygens (including phenoxy) is 2. The van der Waals surface area contributed by atoms with Gasteiger partial charge in [0.15, 0.2) is 0 Å². The lowest BCUT2D eigenvalue weighted by Gasteiger charge is -2.40. The summed E-state index contributed by atoms with van der Waals surface area (Å²) in [6.07, 6.45) is -1.74. The maximum absolute atomic E-state index is 11.9. The Kier molecular flexibility index (Phi) is 10.9. The summed E-state index contributed by atoms with van der Waals surface area (Å²) in [4.78, 5) is 23.2. The van der Waals surface area contributed by atoms with E-state index in [0.29, 0.717) is 42.3 Å². The third kappa shape index (κ3) is 8.23. The number of carbonyl (C=O) groups is 2. The van der Waals surface area contributed by atoms with E-state index in [2.05, 4.69) is 10.6 Å². The average molecular weight is 582 g/mol. The van der Waals surface area contributed by atoms with E-state index in [1.807, 2.05) is 30.3 Å². The fraction of sp³-hybridized carbons (Fsp3) is 0.481. The quantitative estimate of drug-likeness (QED) is 0.220. The van der Waals surface area contributed by atoms with E-state index in [1.165, 1.54) is 25.6 Å². The molecule has 10 nitrogen and oxygen atoms in total. The fourth-order valence-electron chi connectivity index (χ4n) is 4.00. The number of aliphatic hydroxyl groups excluding tert-OH is 3. The van der Waals surface area contributed by atoms with Gasteiger partial charge in [-0.15, -0.1) is 11.8 Å². The van der Waals surface area contributed by atoms with Crippen LogP contribution in [0.15, 0.2) is 42.5 Å². The van der Waals surface area contributed by atoms with Gasteiger partial charge in [-0.25, -0.2) is 4.79 Å². The van der Waals surface area contributed by atoms with Crippen LogP contribution in [0.25, 0.3) is 0 Å². The van der Waals surface area contributed by atoms with E-state index in [0.717, 1.165) is 11.1 Å². The molecule has 2 aromatic carbocycles. The van der Waals surface area contributed by atoms with Crippen LogP contribution in [0.3, 0.4) is 0 Å². The molecule has 0 radical (unpaired) electrons. The minimum Gasteiger partial charge on any atom is -0.494 e. The van der Waals surface area contributed by atoms with E-state index in [4.69, 9.17) is 26.8 Å². The first-order valence-electron chi connectivity index (χ1n) is 12.5. The Morgan fingerprint density at radius 2 is 1.79 bits per heavy atom. The molecule has 1 heterocycles. The van der Waals surface area contributed by atoms with Gasteiger partial charge in [-0.2, -0.15) is 0 Å². The first-order chi connectivity index (χ1) is 18.4. The minimum absolute atomic E-state index is 0.362. The van der Waals surface area contributed by atoms with Crippen molar-refractivity contribution >= 4 is 35.3 Å². The van der Waals surface area contributed by atoms with Crippen molar-refractivity contribution in [2.24, 2.45) is 5.73 Å². The van der Waals surface area contributed by atoms with Crippen LogP contribution in [0.1, 0.15) is 43.1 Å². The highest BCUT2D eigenvalue weighted by molar-refractivity contribution is 7.99. The molecule has 12 heteroatoms. The maximum atomic E-state index is 11.9. The molecule has 3 rings (SSSR count). The van der Waals surface area contributed by atoms with Crippen LogP contribution in [-0.4, -0.2) is 76.0 Å². The second-order valence-electron chi connectivity index (χ2n) is 9.88. The Labute approximate surface area is 237 Å². The number of benzene rings is 2. The van der Waals surface area contributed by atoms with Crippen LogP contribution in [0.5, 0.6) is 5.75 Å². The smallest absolute Gasteiger partial charge is 0.315 e. The lowest BCUT2D eigenvalue weighted by Crippen LogP contribution is -2.55. The highest BCUT2D eigenvalue weighted by atomic mass is 35.5. The first kappa shape index (κ1) is 31.0. The zero-order valence-electron chi connectivity index (χ0n) is 22.1. The summed E-state index contributed by atoms with van der Waals surface area (Å²) < 4.78 is 11.6. The molecule has 1 aliphatic rings. The van der Waals surface area contributed by atoms with Crippen LogP contribution in [-0.2, 0) is 16.0 Å². The Balaban J connectivity index is 1.52. The van der Waals surface area contributed by atoms with Crippen molar-refractivity contribution in [1.29, 1.82) is 0 Å². The number of amides is 3. The van der Waals surface area contributed by atoms with Gasteiger partial charge < -0.3 is 41.2 Å². The molecule has 0 aliphatic carbocycles.